The van der Waals surface area contributed by atoms with Crippen molar-refractivity contribution in [1.82, 2.24) is 10.2 Å². The molecule has 6 nitrogen and oxygen atoms in total. The number of carbonyl (C=O) groups is 3. The third-order valence-electron chi connectivity index (χ3n) is 6.13. The second-order valence-corrected chi connectivity index (χ2v) is 8.65. The van der Waals surface area contributed by atoms with E-state index in [1.54, 1.807) is 0 Å². The summed E-state index contributed by atoms with van der Waals surface area (Å²) in [5.41, 5.74) is 0.729. The van der Waals surface area contributed by atoms with Gasteiger partial charge in [0.05, 0.1) is 0 Å². The average molecular weight is 393 g/mol. The van der Waals surface area contributed by atoms with Crippen LogP contribution in [-0.4, -0.2) is 42.9 Å². The number of barbiturate groups is 1. The Morgan fingerprint density at radius 2 is 1.86 bits per heavy atom. The Hall–Kier alpha value is -2.89. The average Bonchev–Trinajstić information content (AvgIpc) is 2.69. The van der Waals surface area contributed by atoms with Crippen molar-refractivity contribution in [2.24, 2.45) is 11.3 Å². The van der Waals surface area contributed by atoms with Crippen molar-refractivity contribution < 1.29 is 14.4 Å². The number of anilines is 1. The minimum atomic E-state index is -1.28. The predicted octanol–water partition coefficient (Wildman–Crippen LogP) is 3.33. The fourth-order valence-corrected chi connectivity index (χ4v) is 4.60. The second kappa shape index (κ2) is 7.17. The molecule has 0 unspecified atom stereocenters. The third kappa shape index (κ3) is 3.16. The Kier molecular flexibility index (Phi) is 4.81. The molecule has 2 aliphatic heterocycles. The molecule has 0 radical (unpaired) electrons. The van der Waals surface area contributed by atoms with Crippen molar-refractivity contribution in [1.29, 1.82) is 0 Å². The lowest BCUT2D eigenvalue weighted by Gasteiger charge is -2.45. The number of imide groups is 2. The minimum absolute atomic E-state index is 0.261. The molecule has 6 heteroatoms. The SMILES string of the molecule is CC(C)CCCN1C(=O)NC(=O)[C@]2(Cc3c(ccc4ccccc34)N(C)C2)C1=O. The van der Waals surface area contributed by atoms with Crippen LogP contribution in [0, 0.1) is 11.3 Å². The molecule has 0 aromatic heterocycles. The van der Waals surface area contributed by atoms with Crippen LogP contribution in [0.1, 0.15) is 32.3 Å². The number of hydrogen-bond acceptors (Lipinski definition) is 4. The molecule has 1 N–H and O–H groups in total. The standard InChI is InChI=1S/C23H27N3O3/c1-15(2)7-6-12-26-21(28)23(20(27)24-22(26)29)13-18-17-9-5-4-8-16(17)10-11-19(18)25(3)14-23/h4-5,8-11,15H,6-7,12-14H2,1-3H3,(H,24,27,29)/t23-/m1/s1. The molecular formula is C23H27N3O3. The van der Waals surface area contributed by atoms with E-state index in [1.165, 1.54) is 4.90 Å². The number of carbonyl (C=O) groups excluding carboxylic acids is 3. The summed E-state index contributed by atoms with van der Waals surface area (Å²) in [6, 6.07) is 11.5. The van der Waals surface area contributed by atoms with Crippen molar-refractivity contribution in [2.45, 2.75) is 33.1 Å². The van der Waals surface area contributed by atoms with Crippen LogP contribution in [0.3, 0.4) is 0 Å². The fraction of sp³-hybridized carbons (Fsp3) is 0.435. The first-order valence-corrected chi connectivity index (χ1v) is 10.2. The number of nitrogens with zero attached hydrogens (tertiary/aromatic N) is 2. The minimum Gasteiger partial charge on any atom is -0.373 e. The van der Waals surface area contributed by atoms with E-state index in [-0.39, 0.29) is 12.5 Å². The largest absolute Gasteiger partial charge is 0.373 e. The number of rotatable bonds is 4. The van der Waals surface area contributed by atoms with Gasteiger partial charge in [0.1, 0.15) is 5.41 Å². The zero-order valence-corrected chi connectivity index (χ0v) is 17.2. The number of fused-ring (bicyclic) bond motifs is 3. The van der Waals surface area contributed by atoms with Gasteiger partial charge in [-0.1, -0.05) is 44.2 Å². The van der Waals surface area contributed by atoms with Gasteiger partial charge >= 0.3 is 6.03 Å². The maximum absolute atomic E-state index is 13.5. The molecule has 1 atom stereocenters. The van der Waals surface area contributed by atoms with Gasteiger partial charge in [-0.05, 0) is 41.2 Å². The van der Waals surface area contributed by atoms with Gasteiger partial charge in [0.15, 0.2) is 0 Å². The van der Waals surface area contributed by atoms with E-state index in [4.69, 9.17) is 0 Å². The van der Waals surface area contributed by atoms with E-state index < -0.39 is 17.4 Å². The zero-order chi connectivity index (χ0) is 20.8. The summed E-state index contributed by atoms with van der Waals surface area (Å²) in [7, 11) is 1.90. The van der Waals surface area contributed by atoms with Gasteiger partial charge in [0.2, 0.25) is 11.8 Å². The van der Waals surface area contributed by atoms with Gasteiger partial charge in [0.25, 0.3) is 0 Å². The molecule has 0 bridgehead atoms. The fourth-order valence-electron chi connectivity index (χ4n) is 4.60. The van der Waals surface area contributed by atoms with E-state index in [1.807, 2.05) is 42.3 Å². The molecule has 2 aromatic carbocycles. The number of urea groups is 1. The lowest BCUT2D eigenvalue weighted by Crippen LogP contribution is -2.68. The number of amides is 4. The van der Waals surface area contributed by atoms with Crippen molar-refractivity contribution in [2.75, 3.05) is 25.0 Å². The number of hydrogen-bond donors (Lipinski definition) is 1. The molecule has 2 aromatic rings. The summed E-state index contributed by atoms with van der Waals surface area (Å²) >= 11 is 0. The Balaban J connectivity index is 1.73. The first-order chi connectivity index (χ1) is 13.8. The van der Waals surface area contributed by atoms with Crippen LogP contribution in [0.25, 0.3) is 10.8 Å². The van der Waals surface area contributed by atoms with E-state index in [0.29, 0.717) is 18.9 Å². The highest BCUT2D eigenvalue weighted by molar-refractivity contribution is 6.20. The van der Waals surface area contributed by atoms with Gasteiger partial charge in [-0.25, -0.2) is 4.79 Å². The topological polar surface area (TPSA) is 69.7 Å². The summed E-state index contributed by atoms with van der Waals surface area (Å²) in [5, 5.41) is 4.57. The van der Waals surface area contributed by atoms with Crippen molar-refractivity contribution in [3.05, 3.63) is 42.0 Å². The van der Waals surface area contributed by atoms with Crippen LogP contribution >= 0.6 is 0 Å². The highest BCUT2D eigenvalue weighted by Crippen LogP contribution is 2.42. The Morgan fingerprint density at radius 1 is 1.10 bits per heavy atom. The highest BCUT2D eigenvalue weighted by atomic mass is 16.2. The molecule has 1 spiro atoms. The summed E-state index contributed by atoms with van der Waals surface area (Å²) in [6.07, 6.45) is 1.95. The van der Waals surface area contributed by atoms with Crippen LogP contribution in [0.5, 0.6) is 0 Å². The molecule has 1 fully saturated rings. The van der Waals surface area contributed by atoms with Crippen molar-refractivity contribution >= 4 is 34.3 Å². The van der Waals surface area contributed by atoms with Gasteiger partial charge in [-0.15, -0.1) is 0 Å². The molecule has 4 amide bonds. The summed E-state index contributed by atoms with van der Waals surface area (Å²) in [6.45, 7) is 4.82. The molecule has 0 saturated carbocycles. The Labute approximate surface area is 170 Å². The first kappa shape index (κ1) is 19.4. The van der Waals surface area contributed by atoms with E-state index >= 15 is 0 Å². The van der Waals surface area contributed by atoms with Crippen LogP contribution in [0.15, 0.2) is 36.4 Å². The normalized spacial score (nSPS) is 21.9. The van der Waals surface area contributed by atoms with Crippen LogP contribution in [0.2, 0.25) is 0 Å². The van der Waals surface area contributed by atoms with Crippen molar-refractivity contribution in [3.8, 4) is 0 Å². The van der Waals surface area contributed by atoms with Gasteiger partial charge in [0, 0.05) is 32.2 Å². The molecule has 0 aliphatic carbocycles. The second-order valence-electron chi connectivity index (χ2n) is 8.65. The molecule has 1 saturated heterocycles. The maximum atomic E-state index is 13.5. The van der Waals surface area contributed by atoms with E-state index in [9.17, 15) is 14.4 Å². The lowest BCUT2D eigenvalue weighted by molar-refractivity contribution is -0.151. The maximum Gasteiger partial charge on any atom is 0.330 e. The summed E-state index contributed by atoms with van der Waals surface area (Å²) < 4.78 is 0. The monoisotopic (exact) mass is 393 g/mol. The quantitative estimate of drug-likeness (QED) is 0.809. The Bertz CT molecular complexity index is 1000. The molecule has 2 heterocycles. The number of benzene rings is 2. The summed E-state index contributed by atoms with van der Waals surface area (Å²) in [4.78, 5) is 42.1. The van der Waals surface area contributed by atoms with Gasteiger partial charge < -0.3 is 4.90 Å². The smallest absolute Gasteiger partial charge is 0.330 e. The molecule has 152 valence electrons. The van der Waals surface area contributed by atoms with Crippen LogP contribution in [-0.2, 0) is 16.0 Å². The van der Waals surface area contributed by atoms with Gasteiger partial charge in [-0.2, -0.15) is 0 Å². The first-order valence-electron chi connectivity index (χ1n) is 10.2. The van der Waals surface area contributed by atoms with Crippen molar-refractivity contribution in [3.63, 3.8) is 0 Å². The van der Waals surface area contributed by atoms with Crippen LogP contribution in [0.4, 0.5) is 10.5 Å². The van der Waals surface area contributed by atoms with E-state index in [0.717, 1.165) is 34.9 Å². The predicted molar refractivity (Wildman–Crippen MR) is 113 cm³/mol. The molecule has 29 heavy (non-hydrogen) atoms. The lowest BCUT2D eigenvalue weighted by atomic mass is 9.73. The Morgan fingerprint density at radius 3 is 2.62 bits per heavy atom. The molecule has 2 aliphatic rings. The third-order valence-corrected chi connectivity index (χ3v) is 6.13. The molecule has 4 rings (SSSR count). The number of nitrogens with one attached hydrogen (secondary N) is 1. The molecular weight excluding hydrogens is 366 g/mol. The van der Waals surface area contributed by atoms with E-state index in [2.05, 4.69) is 25.2 Å². The van der Waals surface area contributed by atoms with Gasteiger partial charge in [-0.3, -0.25) is 19.8 Å². The van der Waals surface area contributed by atoms with Crippen LogP contribution < -0.4 is 10.2 Å². The summed E-state index contributed by atoms with van der Waals surface area (Å²) in [5.74, 6) is -0.369. The highest BCUT2D eigenvalue weighted by Gasteiger charge is 2.56. The zero-order valence-electron chi connectivity index (χ0n) is 17.2.